The molecule has 0 fully saturated rings. The largest absolute Gasteiger partial charge is 0.348 e. The Morgan fingerprint density at radius 2 is 1.85 bits per heavy atom. The van der Waals surface area contributed by atoms with Gasteiger partial charge in [-0.3, -0.25) is 4.79 Å². The fourth-order valence-corrected chi connectivity index (χ4v) is 4.35. The SMILES string of the molecule is CCN(CC(=O)N[C@@H](C)c1cccc(Br)c1)S(=O)(=O)c1ccc(C)cc1. The summed E-state index contributed by atoms with van der Waals surface area (Å²) in [5.74, 6) is -0.338. The fraction of sp³-hybridized carbons (Fsp3) is 0.316. The van der Waals surface area contributed by atoms with E-state index in [1.807, 2.05) is 38.1 Å². The Kier molecular flexibility index (Phi) is 6.97. The molecule has 0 aliphatic carbocycles. The molecule has 0 saturated carbocycles. The maximum atomic E-state index is 12.8. The number of hydrogen-bond donors (Lipinski definition) is 1. The van der Waals surface area contributed by atoms with Crippen molar-refractivity contribution in [3.63, 3.8) is 0 Å². The molecule has 0 aromatic heterocycles. The molecule has 0 unspecified atom stereocenters. The molecule has 0 spiro atoms. The van der Waals surface area contributed by atoms with Crippen LogP contribution in [-0.2, 0) is 14.8 Å². The van der Waals surface area contributed by atoms with Gasteiger partial charge in [-0.2, -0.15) is 4.31 Å². The molecule has 7 heteroatoms. The minimum atomic E-state index is -3.71. The summed E-state index contributed by atoms with van der Waals surface area (Å²) >= 11 is 3.40. The van der Waals surface area contributed by atoms with Crippen molar-refractivity contribution >= 4 is 31.9 Å². The minimum absolute atomic E-state index is 0.192. The van der Waals surface area contributed by atoms with E-state index in [2.05, 4.69) is 21.2 Å². The van der Waals surface area contributed by atoms with E-state index in [4.69, 9.17) is 0 Å². The van der Waals surface area contributed by atoms with Crippen LogP contribution in [0, 0.1) is 6.92 Å². The monoisotopic (exact) mass is 438 g/mol. The number of hydrogen-bond acceptors (Lipinski definition) is 3. The smallest absolute Gasteiger partial charge is 0.243 e. The van der Waals surface area contributed by atoms with Gasteiger partial charge in [0.25, 0.3) is 0 Å². The van der Waals surface area contributed by atoms with Crippen molar-refractivity contribution in [1.29, 1.82) is 0 Å². The normalized spacial score (nSPS) is 12.8. The van der Waals surface area contributed by atoms with E-state index in [0.717, 1.165) is 15.6 Å². The highest BCUT2D eigenvalue weighted by Gasteiger charge is 2.25. The van der Waals surface area contributed by atoms with E-state index >= 15 is 0 Å². The lowest BCUT2D eigenvalue weighted by Crippen LogP contribution is -2.41. The van der Waals surface area contributed by atoms with Gasteiger partial charge in [0.2, 0.25) is 15.9 Å². The maximum absolute atomic E-state index is 12.8. The Hall–Kier alpha value is -1.70. The third-order valence-corrected chi connectivity index (χ3v) is 6.49. The first kappa shape index (κ1) is 20.6. The van der Waals surface area contributed by atoms with Crippen LogP contribution in [0.5, 0.6) is 0 Å². The number of nitrogens with zero attached hydrogens (tertiary/aromatic N) is 1. The average molecular weight is 439 g/mol. The van der Waals surface area contributed by atoms with Crippen molar-refractivity contribution in [3.8, 4) is 0 Å². The van der Waals surface area contributed by atoms with E-state index < -0.39 is 10.0 Å². The molecule has 0 bridgehead atoms. The number of likely N-dealkylation sites (N-methyl/N-ethyl adjacent to an activating group) is 1. The molecule has 1 amide bonds. The van der Waals surface area contributed by atoms with Gasteiger partial charge < -0.3 is 5.32 Å². The summed E-state index contributed by atoms with van der Waals surface area (Å²) in [5.41, 5.74) is 1.92. The van der Waals surface area contributed by atoms with Gasteiger partial charge in [-0.05, 0) is 43.7 Å². The lowest BCUT2D eigenvalue weighted by molar-refractivity contribution is -0.121. The molecule has 2 aromatic rings. The number of halogens is 1. The van der Waals surface area contributed by atoms with Crippen molar-refractivity contribution in [2.75, 3.05) is 13.1 Å². The van der Waals surface area contributed by atoms with Crippen molar-refractivity contribution in [2.24, 2.45) is 0 Å². The summed E-state index contributed by atoms with van der Waals surface area (Å²) in [4.78, 5) is 12.6. The lowest BCUT2D eigenvalue weighted by Gasteiger charge is -2.22. The van der Waals surface area contributed by atoms with E-state index in [9.17, 15) is 13.2 Å². The van der Waals surface area contributed by atoms with Gasteiger partial charge in [0.15, 0.2) is 0 Å². The van der Waals surface area contributed by atoms with Crippen LogP contribution in [0.1, 0.15) is 31.0 Å². The summed E-state index contributed by atoms with van der Waals surface area (Å²) in [6.45, 7) is 5.48. The van der Waals surface area contributed by atoms with Crippen LogP contribution in [0.2, 0.25) is 0 Å². The predicted octanol–water partition coefficient (Wildman–Crippen LogP) is 3.65. The number of aryl methyl sites for hydroxylation is 1. The molecule has 0 radical (unpaired) electrons. The first-order valence-electron chi connectivity index (χ1n) is 8.35. The number of carbonyl (C=O) groups is 1. The molecule has 0 heterocycles. The Labute approximate surface area is 163 Å². The summed E-state index contributed by atoms with van der Waals surface area (Å²) in [7, 11) is -3.71. The Bertz CT molecular complexity index is 867. The highest BCUT2D eigenvalue weighted by molar-refractivity contribution is 9.10. The Morgan fingerprint density at radius 3 is 2.42 bits per heavy atom. The topological polar surface area (TPSA) is 66.5 Å². The van der Waals surface area contributed by atoms with Gasteiger partial charge in [-0.15, -0.1) is 0 Å². The summed E-state index contributed by atoms with van der Waals surface area (Å²) in [6.07, 6.45) is 0. The summed E-state index contributed by atoms with van der Waals surface area (Å²) in [5, 5.41) is 2.85. The van der Waals surface area contributed by atoms with Crippen LogP contribution in [0.4, 0.5) is 0 Å². The third-order valence-electron chi connectivity index (χ3n) is 4.06. The molecule has 2 aromatic carbocycles. The quantitative estimate of drug-likeness (QED) is 0.717. The molecular formula is C19H23BrN2O3S. The first-order chi connectivity index (χ1) is 12.2. The molecule has 0 aliphatic heterocycles. The summed E-state index contributed by atoms with van der Waals surface area (Å²) in [6, 6.07) is 14.0. The highest BCUT2D eigenvalue weighted by atomic mass is 79.9. The average Bonchev–Trinajstić information content (AvgIpc) is 2.59. The number of benzene rings is 2. The Balaban J connectivity index is 2.09. The molecule has 5 nitrogen and oxygen atoms in total. The van der Waals surface area contributed by atoms with E-state index in [-0.39, 0.29) is 29.9 Å². The van der Waals surface area contributed by atoms with E-state index in [1.165, 1.54) is 4.31 Å². The van der Waals surface area contributed by atoms with E-state index in [0.29, 0.717) is 0 Å². The second-order valence-electron chi connectivity index (χ2n) is 6.09. The van der Waals surface area contributed by atoms with Gasteiger partial charge >= 0.3 is 0 Å². The van der Waals surface area contributed by atoms with Gasteiger partial charge in [-0.25, -0.2) is 8.42 Å². The number of rotatable bonds is 7. The molecule has 26 heavy (non-hydrogen) atoms. The molecular weight excluding hydrogens is 416 g/mol. The fourth-order valence-electron chi connectivity index (χ4n) is 2.53. The van der Waals surface area contributed by atoms with Gasteiger partial charge in [-0.1, -0.05) is 52.7 Å². The predicted molar refractivity (Wildman–Crippen MR) is 106 cm³/mol. The van der Waals surface area contributed by atoms with Crippen LogP contribution in [0.25, 0.3) is 0 Å². The van der Waals surface area contributed by atoms with Crippen molar-refractivity contribution in [2.45, 2.75) is 31.7 Å². The summed E-state index contributed by atoms with van der Waals surface area (Å²) < 4.78 is 27.6. The second kappa shape index (κ2) is 8.79. The van der Waals surface area contributed by atoms with Crippen LogP contribution >= 0.6 is 15.9 Å². The lowest BCUT2D eigenvalue weighted by atomic mass is 10.1. The molecule has 1 N–H and O–H groups in total. The van der Waals surface area contributed by atoms with Crippen LogP contribution in [0.3, 0.4) is 0 Å². The zero-order valence-corrected chi connectivity index (χ0v) is 17.5. The number of nitrogens with one attached hydrogen (secondary N) is 1. The molecule has 1 atom stereocenters. The number of sulfonamides is 1. The standard InChI is InChI=1S/C19H23BrN2O3S/c1-4-22(26(24,25)18-10-8-14(2)9-11-18)13-19(23)21-15(3)16-6-5-7-17(20)12-16/h5-12,15H,4,13H2,1-3H3,(H,21,23)/t15-/m0/s1. The maximum Gasteiger partial charge on any atom is 0.243 e. The van der Waals surface area contributed by atoms with Crippen molar-refractivity contribution in [1.82, 2.24) is 9.62 Å². The Morgan fingerprint density at radius 1 is 1.19 bits per heavy atom. The zero-order chi connectivity index (χ0) is 19.3. The van der Waals surface area contributed by atoms with Crippen molar-refractivity contribution in [3.05, 3.63) is 64.1 Å². The van der Waals surface area contributed by atoms with Crippen LogP contribution in [-0.4, -0.2) is 31.7 Å². The molecule has 0 aliphatic rings. The van der Waals surface area contributed by atoms with Gasteiger partial charge in [0.1, 0.15) is 0 Å². The highest BCUT2D eigenvalue weighted by Crippen LogP contribution is 2.19. The first-order valence-corrected chi connectivity index (χ1v) is 10.6. The third kappa shape index (κ3) is 5.16. The number of amides is 1. The van der Waals surface area contributed by atoms with Crippen LogP contribution < -0.4 is 5.32 Å². The minimum Gasteiger partial charge on any atom is -0.348 e. The second-order valence-corrected chi connectivity index (χ2v) is 8.94. The molecule has 2 rings (SSSR count). The van der Waals surface area contributed by atoms with Crippen LogP contribution in [0.15, 0.2) is 57.9 Å². The molecule has 140 valence electrons. The zero-order valence-electron chi connectivity index (χ0n) is 15.1. The molecule has 0 saturated heterocycles. The van der Waals surface area contributed by atoms with Gasteiger partial charge in [0, 0.05) is 11.0 Å². The van der Waals surface area contributed by atoms with Gasteiger partial charge in [0.05, 0.1) is 17.5 Å². The van der Waals surface area contributed by atoms with Crippen molar-refractivity contribution < 1.29 is 13.2 Å². The number of carbonyl (C=O) groups excluding carboxylic acids is 1. The van der Waals surface area contributed by atoms with E-state index in [1.54, 1.807) is 31.2 Å².